The standard InChI is InChI=1S/C45H52F2N10O5/c1-5-35-40(12-15-49-27-60)57(33-13-17-62-18-14-33)53-43(35)55-16-6-7-29-19-36(38(42(46)47)21-41(29)55)31-22-50-44-39(23-51-56(44)24-31)52-32-10-9-30(25-58)37(20-32)45(61)54(4)34(26-59)11-8-28(2)48-3/h9-10,19-27,33-34,42,48,52H,2,5-8,11-18H2,1,3-4H3,(H,49,60). The Labute approximate surface area is 358 Å². The Kier molecular flexibility index (Phi) is 13.7. The SMILES string of the molecule is C=C(CCC(C=O)N(C)C(=O)c1cc(Nc2cnn3cc(-c4cc5c(cc4C(F)F)N(c4nn(C6CCOCC6)c(CCNC=O)c4CC)CCC5)cnc23)ccc1C=O)NC. The molecule has 1 fully saturated rings. The first-order valence-corrected chi connectivity index (χ1v) is 21.0. The lowest BCUT2D eigenvalue weighted by Gasteiger charge is -2.32. The first kappa shape index (κ1) is 43.6. The van der Waals surface area contributed by atoms with Crippen LogP contribution in [0.1, 0.15) is 94.6 Å². The Balaban J connectivity index is 1.18. The number of halogens is 2. The van der Waals surface area contributed by atoms with Crippen molar-refractivity contribution in [3.63, 3.8) is 0 Å². The molecule has 3 N–H and O–H groups in total. The Morgan fingerprint density at radius 2 is 1.94 bits per heavy atom. The minimum Gasteiger partial charge on any atom is -0.392 e. The molecule has 2 amide bonds. The zero-order valence-corrected chi connectivity index (χ0v) is 35.2. The molecule has 5 heterocycles. The Morgan fingerprint density at radius 1 is 1.13 bits per heavy atom. The molecular weight excluding hydrogens is 799 g/mol. The molecule has 2 aliphatic heterocycles. The molecule has 1 saturated heterocycles. The molecule has 7 rings (SSSR count). The van der Waals surface area contributed by atoms with Crippen LogP contribution in [0, 0.1) is 0 Å². The number of hydrogen-bond acceptors (Lipinski definition) is 11. The van der Waals surface area contributed by atoms with Gasteiger partial charge in [-0.3, -0.25) is 19.1 Å². The van der Waals surface area contributed by atoms with Crippen molar-refractivity contribution in [2.45, 2.75) is 76.8 Å². The number of benzene rings is 2. The number of aryl methyl sites for hydroxylation is 1. The molecule has 15 nitrogen and oxygen atoms in total. The zero-order chi connectivity index (χ0) is 43.9. The molecule has 5 aromatic rings. The fourth-order valence-electron chi connectivity index (χ4n) is 8.44. The molecule has 0 spiro atoms. The molecular formula is C45H52F2N10O5. The van der Waals surface area contributed by atoms with Gasteiger partial charge in [-0.25, -0.2) is 18.3 Å². The molecule has 0 aliphatic carbocycles. The topological polar surface area (TPSA) is 168 Å². The van der Waals surface area contributed by atoms with Gasteiger partial charge in [0.25, 0.3) is 12.3 Å². The van der Waals surface area contributed by atoms with E-state index in [0.29, 0.717) is 111 Å². The highest BCUT2D eigenvalue weighted by molar-refractivity contribution is 6.03. The van der Waals surface area contributed by atoms with Crippen molar-refractivity contribution in [3.8, 4) is 11.1 Å². The number of anilines is 4. The lowest BCUT2D eigenvalue weighted by molar-refractivity contribution is -0.111. The number of likely N-dealkylation sites (N-methyl/N-ethyl adjacent to an activating group) is 1. The van der Waals surface area contributed by atoms with E-state index in [2.05, 4.69) is 49.1 Å². The second-order valence-corrected chi connectivity index (χ2v) is 15.6. The van der Waals surface area contributed by atoms with Gasteiger partial charge in [-0.15, -0.1) is 0 Å². The first-order valence-electron chi connectivity index (χ1n) is 21.0. The number of nitrogens with zero attached hydrogens (tertiary/aromatic N) is 7. The van der Waals surface area contributed by atoms with Crippen LogP contribution in [0.4, 0.5) is 31.7 Å². The number of aldehydes is 2. The van der Waals surface area contributed by atoms with E-state index >= 15 is 8.78 Å². The van der Waals surface area contributed by atoms with Crippen molar-refractivity contribution < 1.29 is 32.7 Å². The average Bonchev–Trinajstić information content (AvgIpc) is 3.88. The van der Waals surface area contributed by atoms with Crippen molar-refractivity contribution in [1.82, 2.24) is 39.9 Å². The highest BCUT2D eigenvalue weighted by atomic mass is 19.3. The first-order chi connectivity index (χ1) is 30.1. The summed E-state index contributed by atoms with van der Waals surface area (Å²) in [7, 11) is 3.25. The van der Waals surface area contributed by atoms with Crippen LogP contribution >= 0.6 is 0 Å². The fourth-order valence-corrected chi connectivity index (χ4v) is 8.44. The third-order valence-electron chi connectivity index (χ3n) is 11.9. The van der Waals surface area contributed by atoms with Crippen LogP contribution in [0.5, 0.6) is 0 Å². The average molecular weight is 851 g/mol. The zero-order valence-electron chi connectivity index (χ0n) is 35.2. The summed E-state index contributed by atoms with van der Waals surface area (Å²) in [5.41, 5.74) is 6.71. The van der Waals surface area contributed by atoms with Crippen LogP contribution in [0.25, 0.3) is 16.8 Å². The maximum atomic E-state index is 15.1. The summed E-state index contributed by atoms with van der Waals surface area (Å²) in [6.07, 6.45) is 9.16. The molecule has 0 bridgehead atoms. The van der Waals surface area contributed by atoms with Gasteiger partial charge in [0, 0.05) is 104 Å². The number of fused-ring (bicyclic) bond motifs is 2. The van der Waals surface area contributed by atoms with Crippen LogP contribution in [-0.4, -0.2) is 101 Å². The van der Waals surface area contributed by atoms with Gasteiger partial charge in [-0.1, -0.05) is 13.5 Å². The van der Waals surface area contributed by atoms with Gasteiger partial charge in [-0.2, -0.15) is 10.2 Å². The molecule has 0 radical (unpaired) electrons. The molecule has 62 heavy (non-hydrogen) atoms. The quantitative estimate of drug-likeness (QED) is 0.0611. The second-order valence-electron chi connectivity index (χ2n) is 15.6. The molecule has 1 unspecified atom stereocenters. The molecule has 2 aliphatic rings. The summed E-state index contributed by atoms with van der Waals surface area (Å²) in [6.45, 7) is 8.30. The number of hydrogen-bond donors (Lipinski definition) is 3. The van der Waals surface area contributed by atoms with Gasteiger partial charge in [0.15, 0.2) is 17.8 Å². The van der Waals surface area contributed by atoms with Crippen LogP contribution < -0.4 is 20.9 Å². The summed E-state index contributed by atoms with van der Waals surface area (Å²) in [5, 5.41) is 18.6. The lowest BCUT2D eigenvalue weighted by atomic mass is 9.92. The smallest absolute Gasteiger partial charge is 0.264 e. The van der Waals surface area contributed by atoms with Crippen LogP contribution in [-0.2, 0) is 33.6 Å². The Morgan fingerprint density at radius 3 is 2.65 bits per heavy atom. The van der Waals surface area contributed by atoms with E-state index in [4.69, 9.17) is 9.84 Å². The molecule has 1 atom stereocenters. The minimum atomic E-state index is -2.79. The number of aromatic nitrogens is 5. The van der Waals surface area contributed by atoms with Crippen molar-refractivity contribution in [1.29, 1.82) is 0 Å². The predicted molar refractivity (Wildman–Crippen MR) is 232 cm³/mol. The highest BCUT2D eigenvalue weighted by Gasteiger charge is 2.31. The molecule has 3 aromatic heterocycles. The van der Waals surface area contributed by atoms with Crippen LogP contribution in [0.15, 0.2) is 61.2 Å². The van der Waals surface area contributed by atoms with Crippen LogP contribution in [0.3, 0.4) is 0 Å². The maximum absolute atomic E-state index is 15.1. The maximum Gasteiger partial charge on any atom is 0.264 e. The van der Waals surface area contributed by atoms with Gasteiger partial charge in [0.05, 0.1) is 23.8 Å². The number of allylic oxidation sites excluding steroid dienone is 1. The number of ether oxygens (including phenoxy) is 1. The van der Waals surface area contributed by atoms with Gasteiger partial charge in [-0.05, 0) is 86.4 Å². The fraction of sp³-hybridized carbons (Fsp3) is 0.400. The van der Waals surface area contributed by atoms with Crippen molar-refractivity contribution in [2.75, 3.05) is 50.6 Å². The molecule has 17 heteroatoms. The van der Waals surface area contributed by atoms with E-state index < -0.39 is 18.4 Å². The molecule has 326 valence electrons. The van der Waals surface area contributed by atoms with E-state index in [-0.39, 0.29) is 22.7 Å². The van der Waals surface area contributed by atoms with E-state index in [0.717, 1.165) is 47.6 Å². The van der Waals surface area contributed by atoms with Crippen molar-refractivity contribution >= 4 is 53.4 Å². The number of alkyl halides is 2. The van der Waals surface area contributed by atoms with E-state index in [1.807, 2.05) is 6.07 Å². The van der Waals surface area contributed by atoms with Gasteiger partial charge < -0.3 is 35.3 Å². The summed E-state index contributed by atoms with van der Waals surface area (Å²) in [5.74, 6) is 0.257. The number of rotatable bonds is 19. The molecule has 2 aromatic carbocycles. The molecule has 0 saturated carbocycles. The third kappa shape index (κ3) is 8.93. The van der Waals surface area contributed by atoms with E-state index in [9.17, 15) is 19.2 Å². The number of nitrogens with one attached hydrogen (secondary N) is 3. The van der Waals surface area contributed by atoms with Gasteiger partial charge in [0.2, 0.25) is 6.41 Å². The largest absolute Gasteiger partial charge is 0.392 e. The van der Waals surface area contributed by atoms with E-state index in [1.54, 1.807) is 31.6 Å². The Bertz CT molecular complexity index is 2460. The van der Waals surface area contributed by atoms with E-state index in [1.165, 1.54) is 34.8 Å². The predicted octanol–water partition coefficient (Wildman–Crippen LogP) is 6.53. The minimum absolute atomic E-state index is 0.106. The Hall–Kier alpha value is -6.49. The third-order valence-corrected chi connectivity index (χ3v) is 11.9. The summed E-state index contributed by atoms with van der Waals surface area (Å²) in [4.78, 5) is 56.7. The van der Waals surface area contributed by atoms with Crippen molar-refractivity contribution in [2.24, 2.45) is 0 Å². The number of amides is 2. The highest BCUT2D eigenvalue weighted by Crippen LogP contribution is 2.43. The monoisotopic (exact) mass is 850 g/mol. The normalized spacial score (nSPS) is 14.6. The summed E-state index contributed by atoms with van der Waals surface area (Å²) < 4.78 is 39.5. The lowest BCUT2D eigenvalue weighted by Crippen LogP contribution is -2.38. The van der Waals surface area contributed by atoms with Gasteiger partial charge >= 0.3 is 0 Å². The van der Waals surface area contributed by atoms with Crippen LogP contribution in [0.2, 0.25) is 0 Å². The number of carbonyl (C=O) groups is 4. The van der Waals surface area contributed by atoms with Gasteiger partial charge in [0.1, 0.15) is 12.0 Å². The summed E-state index contributed by atoms with van der Waals surface area (Å²) >= 11 is 0. The number of carbonyl (C=O) groups excluding carboxylic acids is 4. The second kappa shape index (κ2) is 19.5. The summed E-state index contributed by atoms with van der Waals surface area (Å²) in [6, 6.07) is 7.51. The van der Waals surface area contributed by atoms with Crippen molar-refractivity contribution in [3.05, 3.63) is 94.7 Å².